The molecule has 6 heteroatoms. The van der Waals surface area contributed by atoms with Crippen molar-refractivity contribution < 1.29 is 9.53 Å². The van der Waals surface area contributed by atoms with Crippen LogP contribution < -0.4 is 10.6 Å². The predicted molar refractivity (Wildman–Crippen MR) is 95.0 cm³/mol. The number of imidazole rings is 1. The second-order valence-corrected chi connectivity index (χ2v) is 5.46. The number of anilines is 3. The number of nitrogens with two attached hydrogens (primary N) is 1. The largest absolute Gasteiger partial charge is 0.426 e. The lowest BCUT2D eigenvalue weighted by atomic mass is 10.3. The van der Waals surface area contributed by atoms with Crippen molar-refractivity contribution in [3.63, 3.8) is 0 Å². The van der Waals surface area contributed by atoms with Crippen molar-refractivity contribution in [1.29, 1.82) is 0 Å². The number of nitrogen functional groups attached to an aromatic ring is 1. The number of carbonyl (C=O) groups is 1. The molecule has 0 saturated heterocycles. The van der Waals surface area contributed by atoms with E-state index >= 15 is 0 Å². The number of nitrogens with zero attached hydrogens (tertiary/aromatic N) is 3. The number of amides is 1. The summed E-state index contributed by atoms with van der Waals surface area (Å²) in [7, 11) is 1.84. The topological polar surface area (TPSA) is 73.4 Å². The smallest absolute Gasteiger partial charge is 0.415 e. The molecule has 0 radical (unpaired) electrons. The molecule has 0 unspecified atom stereocenters. The average molecular weight is 322 g/mol. The minimum absolute atomic E-state index is 0.309. The van der Waals surface area contributed by atoms with Crippen molar-refractivity contribution in [3.8, 4) is 0 Å². The first kappa shape index (κ1) is 15.6. The molecular formula is C18H18N4O2. The average Bonchev–Trinajstić information content (AvgIpc) is 2.84. The van der Waals surface area contributed by atoms with Crippen LogP contribution in [-0.4, -0.2) is 15.6 Å². The molecule has 0 aliphatic rings. The van der Waals surface area contributed by atoms with Crippen LogP contribution in [-0.2, 0) is 11.8 Å². The molecule has 0 aliphatic carbocycles. The minimum Gasteiger partial charge on any atom is -0.415 e. The maximum Gasteiger partial charge on any atom is 0.426 e. The van der Waals surface area contributed by atoms with Gasteiger partial charge in [-0.3, -0.25) is 0 Å². The SMILES string of the molecule is C=C(C)OC(=O)N(c1ccccc1)c1nc2cc(N)ccc2n1C. The number of hydrogen-bond donors (Lipinski definition) is 1. The highest BCUT2D eigenvalue weighted by Gasteiger charge is 2.25. The van der Waals surface area contributed by atoms with Crippen LogP contribution in [0.3, 0.4) is 0 Å². The third-order valence-electron chi connectivity index (χ3n) is 3.54. The van der Waals surface area contributed by atoms with Crippen LogP contribution in [0.4, 0.5) is 22.1 Å². The fourth-order valence-electron chi connectivity index (χ4n) is 2.48. The number of hydrogen-bond acceptors (Lipinski definition) is 4. The fourth-order valence-corrected chi connectivity index (χ4v) is 2.48. The van der Waals surface area contributed by atoms with Crippen LogP contribution >= 0.6 is 0 Å². The van der Waals surface area contributed by atoms with Crippen molar-refractivity contribution in [1.82, 2.24) is 9.55 Å². The lowest BCUT2D eigenvalue weighted by Gasteiger charge is -2.21. The van der Waals surface area contributed by atoms with E-state index in [-0.39, 0.29) is 0 Å². The monoisotopic (exact) mass is 322 g/mol. The summed E-state index contributed by atoms with van der Waals surface area (Å²) in [4.78, 5) is 18.6. The van der Waals surface area contributed by atoms with E-state index in [0.717, 1.165) is 5.52 Å². The first-order valence-corrected chi connectivity index (χ1v) is 7.42. The van der Waals surface area contributed by atoms with Gasteiger partial charge in [-0.25, -0.2) is 14.7 Å². The summed E-state index contributed by atoms with van der Waals surface area (Å²) >= 11 is 0. The summed E-state index contributed by atoms with van der Waals surface area (Å²) in [6, 6.07) is 14.6. The number of carbonyl (C=O) groups excluding carboxylic acids is 1. The zero-order valence-corrected chi connectivity index (χ0v) is 13.6. The summed E-state index contributed by atoms with van der Waals surface area (Å²) in [6.07, 6.45) is -0.569. The predicted octanol–water partition coefficient (Wildman–Crippen LogP) is 3.96. The lowest BCUT2D eigenvalue weighted by Crippen LogP contribution is -2.28. The number of benzene rings is 2. The molecule has 1 amide bonds. The zero-order valence-electron chi connectivity index (χ0n) is 13.6. The molecule has 0 bridgehead atoms. The van der Waals surface area contributed by atoms with Gasteiger partial charge in [0.15, 0.2) is 0 Å². The number of aromatic nitrogens is 2. The molecule has 6 nitrogen and oxygen atoms in total. The van der Waals surface area contributed by atoms with Crippen molar-refractivity contribution in [3.05, 3.63) is 60.9 Å². The maximum atomic E-state index is 12.6. The lowest BCUT2D eigenvalue weighted by molar-refractivity contribution is 0.187. The molecule has 1 heterocycles. The van der Waals surface area contributed by atoms with Crippen molar-refractivity contribution in [2.45, 2.75) is 6.92 Å². The summed E-state index contributed by atoms with van der Waals surface area (Å²) in [5.74, 6) is 0.747. The van der Waals surface area contributed by atoms with Gasteiger partial charge in [-0.15, -0.1) is 0 Å². The third kappa shape index (κ3) is 2.81. The highest BCUT2D eigenvalue weighted by Crippen LogP contribution is 2.29. The molecule has 0 aliphatic heterocycles. The van der Waals surface area contributed by atoms with E-state index in [4.69, 9.17) is 10.5 Å². The Morgan fingerprint density at radius 1 is 1.25 bits per heavy atom. The van der Waals surface area contributed by atoms with Gasteiger partial charge in [0.1, 0.15) is 0 Å². The van der Waals surface area contributed by atoms with Gasteiger partial charge in [0.2, 0.25) is 5.95 Å². The molecule has 24 heavy (non-hydrogen) atoms. The number of rotatable bonds is 3. The van der Waals surface area contributed by atoms with Gasteiger partial charge in [0.25, 0.3) is 0 Å². The Bertz CT molecular complexity index is 915. The highest BCUT2D eigenvalue weighted by molar-refractivity contribution is 5.96. The quantitative estimate of drug-likeness (QED) is 0.585. The molecule has 2 aromatic carbocycles. The molecule has 0 atom stereocenters. The van der Waals surface area contributed by atoms with Crippen LogP contribution in [0, 0.1) is 0 Å². The second-order valence-electron chi connectivity index (χ2n) is 5.46. The number of ether oxygens (including phenoxy) is 1. The maximum absolute atomic E-state index is 12.6. The normalized spacial score (nSPS) is 10.6. The van der Waals surface area contributed by atoms with Gasteiger partial charge < -0.3 is 15.0 Å². The minimum atomic E-state index is -0.569. The van der Waals surface area contributed by atoms with Gasteiger partial charge >= 0.3 is 6.09 Å². The highest BCUT2D eigenvalue weighted by atomic mass is 16.6. The van der Waals surface area contributed by atoms with Crippen LogP contribution in [0.15, 0.2) is 60.9 Å². The van der Waals surface area contributed by atoms with Gasteiger partial charge in [-0.1, -0.05) is 24.8 Å². The molecule has 3 rings (SSSR count). The van der Waals surface area contributed by atoms with Gasteiger partial charge in [-0.2, -0.15) is 0 Å². The van der Waals surface area contributed by atoms with E-state index in [0.29, 0.717) is 28.6 Å². The molecule has 122 valence electrons. The molecular weight excluding hydrogens is 304 g/mol. The molecule has 0 fully saturated rings. The number of allylic oxidation sites excluding steroid dienone is 1. The van der Waals surface area contributed by atoms with E-state index < -0.39 is 6.09 Å². The molecule has 1 aromatic heterocycles. The van der Waals surface area contributed by atoms with Crippen molar-refractivity contribution in [2.75, 3.05) is 10.6 Å². The Kier molecular flexibility index (Phi) is 3.95. The number of para-hydroxylation sites is 1. The first-order valence-electron chi connectivity index (χ1n) is 7.42. The van der Waals surface area contributed by atoms with Crippen LogP contribution in [0.5, 0.6) is 0 Å². The standard InChI is InChI=1S/C18H18N4O2/c1-12(2)24-18(23)22(14-7-5-4-6-8-14)17-20-15-11-13(19)9-10-16(15)21(17)3/h4-11H,1,19H2,2-3H3. The Hall–Kier alpha value is -3.28. The summed E-state index contributed by atoms with van der Waals surface area (Å²) in [6.45, 7) is 5.25. The summed E-state index contributed by atoms with van der Waals surface area (Å²) in [5.41, 5.74) is 8.66. The van der Waals surface area contributed by atoms with Crippen molar-refractivity contribution in [2.24, 2.45) is 7.05 Å². The van der Waals surface area contributed by atoms with Crippen LogP contribution in [0.2, 0.25) is 0 Å². The Morgan fingerprint density at radius 3 is 2.62 bits per heavy atom. The van der Waals surface area contributed by atoms with E-state index in [1.807, 2.05) is 48.0 Å². The second kappa shape index (κ2) is 6.08. The summed E-state index contributed by atoms with van der Waals surface area (Å²) < 4.78 is 7.03. The van der Waals surface area contributed by atoms with Crippen LogP contribution in [0.1, 0.15) is 6.92 Å². The zero-order chi connectivity index (χ0) is 17.3. The summed E-state index contributed by atoms with van der Waals surface area (Å²) in [5, 5.41) is 0. The molecule has 0 saturated carbocycles. The van der Waals surface area contributed by atoms with E-state index in [1.54, 1.807) is 19.1 Å². The molecule has 2 N–H and O–H groups in total. The molecule has 0 spiro atoms. The molecule has 3 aromatic rings. The third-order valence-corrected chi connectivity index (χ3v) is 3.54. The number of fused-ring (bicyclic) bond motifs is 1. The Labute approximate surface area is 139 Å². The first-order chi connectivity index (χ1) is 11.5. The van der Waals surface area contributed by atoms with Crippen LogP contribution in [0.25, 0.3) is 11.0 Å². The Balaban J connectivity index is 2.17. The Morgan fingerprint density at radius 2 is 1.96 bits per heavy atom. The number of aryl methyl sites for hydroxylation is 1. The van der Waals surface area contributed by atoms with E-state index in [9.17, 15) is 4.79 Å². The van der Waals surface area contributed by atoms with Gasteiger partial charge in [0, 0.05) is 12.7 Å². The fraction of sp³-hybridized carbons (Fsp3) is 0.111. The van der Waals surface area contributed by atoms with E-state index in [1.165, 1.54) is 4.90 Å². The van der Waals surface area contributed by atoms with Gasteiger partial charge in [0.05, 0.1) is 22.5 Å². The van der Waals surface area contributed by atoms with Gasteiger partial charge in [-0.05, 0) is 37.3 Å². The van der Waals surface area contributed by atoms with E-state index in [2.05, 4.69) is 11.6 Å². The van der Waals surface area contributed by atoms with Crippen molar-refractivity contribution >= 4 is 34.4 Å².